The molecule has 104 valence electrons. The van der Waals surface area contributed by atoms with E-state index in [0.717, 1.165) is 11.3 Å². The van der Waals surface area contributed by atoms with Gasteiger partial charge in [-0.3, -0.25) is 4.79 Å². The van der Waals surface area contributed by atoms with E-state index in [2.05, 4.69) is 0 Å². The molecule has 0 aliphatic rings. The summed E-state index contributed by atoms with van der Waals surface area (Å²) in [5, 5.41) is 0. The van der Waals surface area contributed by atoms with Gasteiger partial charge < -0.3 is 4.90 Å². The van der Waals surface area contributed by atoms with Crippen LogP contribution >= 0.6 is 0 Å². The molecule has 0 aliphatic heterocycles. The monoisotopic (exact) mass is 271 g/mol. The number of halogens is 1. The van der Waals surface area contributed by atoms with Crippen LogP contribution in [0.15, 0.2) is 48.5 Å². The predicted molar refractivity (Wildman–Crippen MR) is 79.6 cm³/mol. The highest BCUT2D eigenvalue weighted by Gasteiger charge is 2.08. The van der Waals surface area contributed by atoms with Gasteiger partial charge in [-0.05, 0) is 42.3 Å². The molecular formula is C17H18FNO. The molecular weight excluding hydrogens is 253 g/mol. The fourth-order valence-corrected chi connectivity index (χ4v) is 2.11. The average Bonchev–Trinajstić information content (AvgIpc) is 2.41. The summed E-state index contributed by atoms with van der Waals surface area (Å²) >= 11 is 0. The zero-order chi connectivity index (χ0) is 14.5. The molecule has 2 aromatic carbocycles. The number of Topliss-reactive ketones (excluding diaryl/α,β-unsaturated/α-hetero) is 1. The molecule has 2 aromatic rings. The smallest absolute Gasteiger partial charge is 0.156 e. The third-order valence-electron chi connectivity index (χ3n) is 3.17. The quantitative estimate of drug-likeness (QED) is 0.831. The summed E-state index contributed by atoms with van der Waals surface area (Å²) in [6.07, 6.45) is 0.330. The minimum absolute atomic E-state index is 0.112. The summed E-state index contributed by atoms with van der Waals surface area (Å²) in [6, 6.07) is 14.1. The second-order valence-corrected chi connectivity index (χ2v) is 5.04. The van der Waals surface area contributed by atoms with E-state index in [0.29, 0.717) is 13.0 Å². The van der Waals surface area contributed by atoms with Gasteiger partial charge in [0, 0.05) is 19.2 Å². The Hall–Kier alpha value is -2.16. The lowest BCUT2D eigenvalue weighted by molar-refractivity contribution is -0.117. The van der Waals surface area contributed by atoms with Crippen LogP contribution in [0, 0.1) is 12.7 Å². The molecule has 2 rings (SSSR count). The van der Waals surface area contributed by atoms with E-state index in [1.165, 1.54) is 17.7 Å². The van der Waals surface area contributed by atoms with E-state index >= 15 is 0 Å². The van der Waals surface area contributed by atoms with E-state index in [9.17, 15) is 9.18 Å². The third-order valence-corrected chi connectivity index (χ3v) is 3.17. The van der Waals surface area contributed by atoms with Crippen molar-refractivity contribution in [3.8, 4) is 0 Å². The maximum absolute atomic E-state index is 12.8. The third kappa shape index (κ3) is 3.92. The zero-order valence-electron chi connectivity index (χ0n) is 11.8. The normalized spacial score (nSPS) is 10.3. The van der Waals surface area contributed by atoms with Crippen molar-refractivity contribution in [2.24, 2.45) is 0 Å². The summed E-state index contributed by atoms with van der Waals surface area (Å²) in [7, 11) is 1.90. The molecule has 0 aromatic heterocycles. The number of anilines is 1. The van der Waals surface area contributed by atoms with E-state index in [1.54, 1.807) is 12.1 Å². The van der Waals surface area contributed by atoms with Crippen molar-refractivity contribution >= 4 is 11.5 Å². The molecule has 0 aliphatic carbocycles. The molecule has 0 bridgehead atoms. The molecule has 0 unspecified atom stereocenters. The van der Waals surface area contributed by atoms with Crippen LogP contribution in [-0.2, 0) is 11.2 Å². The van der Waals surface area contributed by atoms with E-state index < -0.39 is 0 Å². The van der Waals surface area contributed by atoms with Gasteiger partial charge in [-0.25, -0.2) is 4.39 Å². The van der Waals surface area contributed by atoms with Crippen LogP contribution < -0.4 is 4.90 Å². The van der Waals surface area contributed by atoms with Gasteiger partial charge in [-0.1, -0.05) is 24.3 Å². The first-order valence-corrected chi connectivity index (χ1v) is 6.58. The molecule has 0 radical (unpaired) electrons. The Balaban J connectivity index is 1.95. The number of nitrogens with zero attached hydrogens (tertiary/aromatic N) is 1. The average molecular weight is 271 g/mol. The van der Waals surface area contributed by atoms with Gasteiger partial charge in [-0.2, -0.15) is 0 Å². The van der Waals surface area contributed by atoms with Crippen molar-refractivity contribution in [1.82, 2.24) is 0 Å². The van der Waals surface area contributed by atoms with Crippen molar-refractivity contribution in [1.29, 1.82) is 0 Å². The fourth-order valence-electron chi connectivity index (χ4n) is 2.11. The predicted octanol–water partition coefficient (Wildman–Crippen LogP) is 3.38. The van der Waals surface area contributed by atoms with E-state index in [1.807, 2.05) is 43.1 Å². The van der Waals surface area contributed by atoms with E-state index in [-0.39, 0.29) is 11.6 Å². The van der Waals surface area contributed by atoms with Gasteiger partial charge in [0.1, 0.15) is 5.82 Å². The second-order valence-electron chi connectivity index (χ2n) is 5.04. The Morgan fingerprint density at radius 1 is 1.15 bits per heavy atom. The highest BCUT2D eigenvalue weighted by atomic mass is 19.1. The SMILES string of the molecule is Cc1cccc(N(C)CC(=O)Cc2ccc(F)cc2)c1. The second kappa shape index (κ2) is 6.33. The first-order valence-electron chi connectivity index (χ1n) is 6.58. The maximum Gasteiger partial charge on any atom is 0.156 e. The molecule has 3 heteroatoms. The highest BCUT2D eigenvalue weighted by Crippen LogP contribution is 2.14. The lowest BCUT2D eigenvalue weighted by Crippen LogP contribution is -2.26. The van der Waals surface area contributed by atoms with Gasteiger partial charge in [0.05, 0.1) is 6.54 Å². The Bertz CT molecular complexity index is 592. The van der Waals surface area contributed by atoms with Gasteiger partial charge in [0.15, 0.2) is 5.78 Å². The number of benzene rings is 2. The van der Waals surface area contributed by atoms with Crippen molar-refractivity contribution in [2.45, 2.75) is 13.3 Å². The molecule has 0 amide bonds. The van der Waals surface area contributed by atoms with Gasteiger partial charge in [-0.15, -0.1) is 0 Å². The molecule has 0 atom stereocenters. The van der Waals surface area contributed by atoms with Crippen LogP contribution in [0.4, 0.5) is 10.1 Å². The lowest BCUT2D eigenvalue weighted by Gasteiger charge is -2.18. The Labute approximate surface area is 118 Å². The van der Waals surface area contributed by atoms with Crippen LogP contribution in [0.2, 0.25) is 0 Å². The number of aryl methyl sites for hydroxylation is 1. The van der Waals surface area contributed by atoms with Crippen molar-refractivity contribution in [3.05, 3.63) is 65.5 Å². The van der Waals surface area contributed by atoms with Gasteiger partial charge in [0.2, 0.25) is 0 Å². The zero-order valence-corrected chi connectivity index (χ0v) is 11.8. The van der Waals surface area contributed by atoms with Crippen LogP contribution in [0.1, 0.15) is 11.1 Å². The Morgan fingerprint density at radius 2 is 1.85 bits per heavy atom. The first-order chi connectivity index (χ1) is 9.54. The molecule has 0 saturated heterocycles. The summed E-state index contributed by atoms with van der Waals surface area (Å²) < 4.78 is 12.8. The maximum atomic E-state index is 12.8. The van der Waals surface area contributed by atoms with Gasteiger partial charge >= 0.3 is 0 Å². The first kappa shape index (κ1) is 14.3. The van der Waals surface area contributed by atoms with Crippen molar-refractivity contribution < 1.29 is 9.18 Å². The molecule has 0 spiro atoms. The Morgan fingerprint density at radius 3 is 2.50 bits per heavy atom. The number of carbonyl (C=O) groups excluding carboxylic acids is 1. The number of hydrogen-bond acceptors (Lipinski definition) is 2. The molecule has 2 nitrogen and oxygen atoms in total. The molecule has 0 fully saturated rings. The number of ketones is 1. The molecule has 0 saturated carbocycles. The minimum Gasteiger partial charge on any atom is -0.367 e. The summed E-state index contributed by atoms with van der Waals surface area (Å²) in [5.74, 6) is -0.168. The van der Waals surface area contributed by atoms with Crippen LogP contribution in [0.3, 0.4) is 0 Å². The minimum atomic E-state index is -0.280. The van der Waals surface area contributed by atoms with E-state index in [4.69, 9.17) is 0 Å². The summed E-state index contributed by atoms with van der Waals surface area (Å²) in [4.78, 5) is 14.0. The fraction of sp³-hybridized carbons (Fsp3) is 0.235. The molecule has 0 N–H and O–H groups in total. The summed E-state index contributed by atoms with van der Waals surface area (Å²) in [5.41, 5.74) is 3.03. The topological polar surface area (TPSA) is 20.3 Å². The highest BCUT2D eigenvalue weighted by molar-refractivity contribution is 5.85. The standard InChI is InChI=1S/C17H18FNO/c1-13-4-3-5-16(10-13)19(2)12-17(20)11-14-6-8-15(18)9-7-14/h3-10H,11-12H2,1-2H3. The van der Waals surface area contributed by atoms with Crippen LogP contribution in [0.5, 0.6) is 0 Å². The number of hydrogen-bond donors (Lipinski definition) is 0. The lowest BCUT2D eigenvalue weighted by atomic mass is 10.1. The van der Waals surface area contributed by atoms with Crippen molar-refractivity contribution in [2.75, 3.05) is 18.5 Å². The largest absolute Gasteiger partial charge is 0.367 e. The molecule has 20 heavy (non-hydrogen) atoms. The number of likely N-dealkylation sites (N-methyl/N-ethyl adjacent to an activating group) is 1. The van der Waals surface area contributed by atoms with Crippen LogP contribution in [0.25, 0.3) is 0 Å². The van der Waals surface area contributed by atoms with Crippen molar-refractivity contribution in [3.63, 3.8) is 0 Å². The molecule has 0 heterocycles. The Kier molecular flexibility index (Phi) is 4.51. The van der Waals surface area contributed by atoms with Gasteiger partial charge in [0.25, 0.3) is 0 Å². The number of carbonyl (C=O) groups is 1. The summed E-state index contributed by atoms with van der Waals surface area (Å²) in [6.45, 7) is 2.37. The number of rotatable bonds is 5. The van der Waals surface area contributed by atoms with Crippen LogP contribution in [-0.4, -0.2) is 19.4 Å².